The molecule has 2 aromatic carbocycles. The van der Waals surface area contributed by atoms with Gasteiger partial charge in [-0.25, -0.2) is 0 Å². The molecule has 0 fully saturated rings. The lowest BCUT2D eigenvalue weighted by Crippen LogP contribution is -2.19. The topological polar surface area (TPSA) is 76.0 Å². The van der Waals surface area contributed by atoms with E-state index in [0.29, 0.717) is 23.4 Å². The molecule has 2 N–H and O–H groups in total. The van der Waals surface area contributed by atoms with Gasteiger partial charge in [-0.3, -0.25) is 14.3 Å². The lowest BCUT2D eigenvalue weighted by molar-refractivity contribution is 0.0961. The van der Waals surface area contributed by atoms with Gasteiger partial charge in [0, 0.05) is 29.6 Å². The van der Waals surface area contributed by atoms with Gasteiger partial charge in [-0.2, -0.15) is 5.10 Å². The van der Waals surface area contributed by atoms with E-state index in [1.165, 1.54) is 0 Å². The summed E-state index contributed by atoms with van der Waals surface area (Å²) >= 11 is 0. The highest BCUT2D eigenvalue weighted by Gasteiger charge is 2.12. The number of carbonyl (C=O) groups excluding carboxylic acids is 2. The van der Waals surface area contributed by atoms with Crippen LogP contribution in [0.25, 0.3) is 0 Å². The van der Waals surface area contributed by atoms with Crippen LogP contribution in [0.4, 0.5) is 5.69 Å². The number of aryl methyl sites for hydroxylation is 3. The maximum atomic E-state index is 12.8. The monoisotopic (exact) mass is 376 g/mol. The zero-order chi connectivity index (χ0) is 20.3. The van der Waals surface area contributed by atoms with E-state index in [1.807, 2.05) is 55.8 Å². The van der Waals surface area contributed by atoms with Crippen molar-refractivity contribution in [3.05, 3.63) is 82.2 Å². The van der Waals surface area contributed by atoms with Gasteiger partial charge < -0.3 is 10.6 Å². The highest BCUT2D eigenvalue weighted by Crippen LogP contribution is 2.19. The molecule has 3 rings (SSSR count). The van der Waals surface area contributed by atoms with Gasteiger partial charge in [0.1, 0.15) is 0 Å². The van der Waals surface area contributed by atoms with E-state index in [9.17, 15) is 9.59 Å². The number of nitrogens with zero attached hydrogens (tertiary/aromatic N) is 2. The molecule has 0 atom stereocenters. The van der Waals surface area contributed by atoms with E-state index in [0.717, 1.165) is 22.5 Å². The van der Waals surface area contributed by atoms with Gasteiger partial charge in [0.2, 0.25) is 0 Å². The molecule has 0 saturated heterocycles. The largest absolute Gasteiger partial charge is 0.355 e. The summed E-state index contributed by atoms with van der Waals surface area (Å²) in [5, 5.41) is 9.97. The number of hydrogen-bond donors (Lipinski definition) is 2. The minimum Gasteiger partial charge on any atom is -0.355 e. The maximum absolute atomic E-state index is 12.8. The molecule has 2 amide bonds. The summed E-state index contributed by atoms with van der Waals surface area (Å²) in [6, 6.07) is 14.7. The van der Waals surface area contributed by atoms with Crippen LogP contribution in [0.1, 0.15) is 43.2 Å². The average molecular weight is 376 g/mol. The third kappa shape index (κ3) is 4.28. The van der Waals surface area contributed by atoms with Crippen molar-refractivity contribution >= 4 is 17.5 Å². The van der Waals surface area contributed by atoms with Crippen LogP contribution in [0, 0.1) is 20.8 Å². The van der Waals surface area contributed by atoms with Crippen LogP contribution in [0.3, 0.4) is 0 Å². The second-order valence-corrected chi connectivity index (χ2v) is 6.85. The summed E-state index contributed by atoms with van der Waals surface area (Å²) in [7, 11) is 1.58. The Morgan fingerprint density at radius 3 is 2.39 bits per heavy atom. The first-order valence-electron chi connectivity index (χ1n) is 9.11. The summed E-state index contributed by atoms with van der Waals surface area (Å²) in [4.78, 5) is 24.6. The van der Waals surface area contributed by atoms with Gasteiger partial charge >= 0.3 is 0 Å². The van der Waals surface area contributed by atoms with E-state index in [1.54, 1.807) is 25.2 Å². The minimum absolute atomic E-state index is 0.192. The molecule has 1 heterocycles. The fourth-order valence-electron chi connectivity index (χ4n) is 3.06. The first-order valence-corrected chi connectivity index (χ1v) is 9.11. The predicted octanol–water partition coefficient (Wildman–Crippen LogP) is 3.47. The van der Waals surface area contributed by atoms with E-state index >= 15 is 0 Å². The van der Waals surface area contributed by atoms with E-state index in [2.05, 4.69) is 15.7 Å². The third-order valence-electron chi connectivity index (χ3n) is 4.60. The number of carbonyl (C=O) groups is 2. The lowest BCUT2D eigenvalue weighted by atomic mass is 10.1. The minimum atomic E-state index is -0.215. The molecular formula is C22H24N4O2. The number of aromatic nitrogens is 2. The molecule has 3 aromatic rings. The second-order valence-electron chi connectivity index (χ2n) is 6.85. The van der Waals surface area contributed by atoms with Crippen LogP contribution >= 0.6 is 0 Å². The molecule has 0 spiro atoms. The van der Waals surface area contributed by atoms with E-state index < -0.39 is 0 Å². The molecule has 6 nitrogen and oxygen atoms in total. The fraction of sp³-hybridized carbons (Fsp3) is 0.227. The van der Waals surface area contributed by atoms with Crippen molar-refractivity contribution in [3.63, 3.8) is 0 Å². The van der Waals surface area contributed by atoms with Crippen LogP contribution in [0.2, 0.25) is 0 Å². The van der Waals surface area contributed by atoms with Gasteiger partial charge in [-0.15, -0.1) is 0 Å². The molecule has 0 bridgehead atoms. The molecule has 6 heteroatoms. The highest BCUT2D eigenvalue weighted by molar-refractivity contribution is 6.05. The summed E-state index contributed by atoms with van der Waals surface area (Å²) in [5.74, 6) is -0.408. The van der Waals surface area contributed by atoms with Gasteiger partial charge in [0.05, 0.1) is 12.2 Å². The van der Waals surface area contributed by atoms with E-state index in [-0.39, 0.29) is 11.8 Å². The van der Waals surface area contributed by atoms with Crippen LogP contribution in [-0.4, -0.2) is 28.6 Å². The van der Waals surface area contributed by atoms with Crippen LogP contribution in [0.15, 0.2) is 48.5 Å². The predicted molar refractivity (Wildman–Crippen MR) is 110 cm³/mol. The number of hydrogen-bond acceptors (Lipinski definition) is 3. The quantitative estimate of drug-likeness (QED) is 0.716. The number of rotatable bonds is 5. The molecule has 0 aliphatic heterocycles. The summed E-state index contributed by atoms with van der Waals surface area (Å²) in [6.07, 6.45) is 0. The first kappa shape index (κ1) is 19.4. The maximum Gasteiger partial charge on any atom is 0.255 e. The summed E-state index contributed by atoms with van der Waals surface area (Å²) in [6.45, 7) is 6.47. The van der Waals surface area contributed by atoms with Crippen molar-refractivity contribution in [2.75, 3.05) is 12.4 Å². The van der Waals surface area contributed by atoms with Crippen LogP contribution < -0.4 is 10.6 Å². The normalized spacial score (nSPS) is 10.6. The molecular weight excluding hydrogens is 352 g/mol. The van der Waals surface area contributed by atoms with E-state index in [4.69, 9.17) is 0 Å². The fourth-order valence-corrected chi connectivity index (χ4v) is 3.06. The Morgan fingerprint density at radius 1 is 0.964 bits per heavy atom. The zero-order valence-electron chi connectivity index (χ0n) is 16.5. The van der Waals surface area contributed by atoms with Crippen molar-refractivity contribution in [1.29, 1.82) is 0 Å². The van der Waals surface area contributed by atoms with Crippen molar-refractivity contribution in [1.82, 2.24) is 15.1 Å². The highest BCUT2D eigenvalue weighted by atomic mass is 16.2. The van der Waals surface area contributed by atoms with Crippen molar-refractivity contribution < 1.29 is 9.59 Å². The summed E-state index contributed by atoms with van der Waals surface area (Å²) in [5.41, 5.74) is 5.61. The van der Waals surface area contributed by atoms with Gasteiger partial charge in [0.25, 0.3) is 11.8 Å². The Kier molecular flexibility index (Phi) is 5.59. The van der Waals surface area contributed by atoms with Gasteiger partial charge in [-0.05, 0) is 62.2 Å². The smallest absolute Gasteiger partial charge is 0.255 e. The Hall–Kier alpha value is -3.41. The Labute approximate surface area is 164 Å². The molecule has 28 heavy (non-hydrogen) atoms. The number of nitrogens with one attached hydrogen (secondary N) is 2. The third-order valence-corrected chi connectivity index (χ3v) is 4.60. The molecule has 0 aliphatic carbocycles. The number of benzene rings is 2. The Bertz CT molecular complexity index is 1040. The zero-order valence-corrected chi connectivity index (χ0v) is 16.5. The SMILES string of the molecule is CNC(=O)c1ccc(C)c(NC(=O)c2cccc(Cn3nc(C)cc3C)c2)c1. The van der Waals surface area contributed by atoms with Crippen LogP contribution in [0.5, 0.6) is 0 Å². The second kappa shape index (κ2) is 8.08. The van der Waals surface area contributed by atoms with Gasteiger partial charge in [0.15, 0.2) is 0 Å². The van der Waals surface area contributed by atoms with Crippen molar-refractivity contribution in [2.24, 2.45) is 0 Å². The molecule has 0 saturated carbocycles. The molecule has 1 aromatic heterocycles. The Morgan fingerprint density at radius 2 is 1.71 bits per heavy atom. The van der Waals surface area contributed by atoms with Gasteiger partial charge in [-0.1, -0.05) is 18.2 Å². The summed E-state index contributed by atoms with van der Waals surface area (Å²) < 4.78 is 1.92. The first-order chi connectivity index (χ1) is 13.4. The Balaban J connectivity index is 1.80. The molecule has 0 unspecified atom stereocenters. The molecule has 144 valence electrons. The molecule has 0 radical (unpaired) electrons. The number of amides is 2. The van der Waals surface area contributed by atoms with Crippen LogP contribution in [-0.2, 0) is 6.54 Å². The standard InChI is InChI=1S/C22H24N4O2/c1-14-8-9-19(21(27)23-4)12-20(14)24-22(28)18-7-5-6-17(11-18)13-26-16(3)10-15(2)25-26/h5-12H,13H2,1-4H3,(H,23,27)(H,24,28). The average Bonchev–Trinajstić information content (AvgIpc) is 2.99. The van der Waals surface area contributed by atoms with Crippen molar-refractivity contribution in [2.45, 2.75) is 27.3 Å². The lowest BCUT2D eigenvalue weighted by Gasteiger charge is -2.11. The van der Waals surface area contributed by atoms with Crippen molar-refractivity contribution in [3.8, 4) is 0 Å². The molecule has 0 aliphatic rings. The number of anilines is 1.